The van der Waals surface area contributed by atoms with Crippen LogP contribution >= 0.6 is 23.1 Å². The van der Waals surface area contributed by atoms with Gasteiger partial charge in [0.25, 0.3) is 5.91 Å². The van der Waals surface area contributed by atoms with Gasteiger partial charge in [-0.2, -0.15) is 0 Å². The predicted octanol–water partition coefficient (Wildman–Crippen LogP) is 3.22. The first-order valence-corrected chi connectivity index (χ1v) is 10.9. The highest BCUT2D eigenvalue weighted by Gasteiger charge is 2.17. The summed E-state index contributed by atoms with van der Waals surface area (Å²) in [7, 11) is 0. The Hall–Kier alpha value is -2.33. The van der Waals surface area contributed by atoms with Gasteiger partial charge in [0.1, 0.15) is 16.6 Å². The molecule has 0 saturated carbocycles. The molecule has 0 unspecified atom stereocenters. The molecule has 0 aliphatic carbocycles. The SMILES string of the molecule is O=C(NCc1ccc(F)cc1)c1nnc(CSc2nnc3n2CCCCC3)s1. The highest BCUT2D eigenvalue weighted by atomic mass is 32.2. The van der Waals surface area contributed by atoms with E-state index in [1.165, 1.54) is 29.9 Å². The van der Waals surface area contributed by atoms with Gasteiger partial charge >= 0.3 is 0 Å². The van der Waals surface area contributed by atoms with Crippen LogP contribution in [0.5, 0.6) is 0 Å². The Kier molecular flexibility index (Phi) is 5.96. The minimum absolute atomic E-state index is 0.283. The van der Waals surface area contributed by atoms with Gasteiger partial charge in [0.15, 0.2) is 5.16 Å². The molecule has 1 aliphatic rings. The number of hydrogen-bond donors (Lipinski definition) is 1. The number of thioether (sulfide) groups is 1. The number of carbonyl (C=O) groups excluding carboxylic acids is 1. The number of halogens is 1. The highest BCUT2D eigenvalue weighted by molar-refractivity contribution is 7.98. The number of aromatic nitrogens is 5. The van der Waals surface area contributed by atoms with E-state index in [9.17, 15) is 9.18 Å². The van der Waals surface area contributed by atoms with E-state index in [0.29, 0.717) is 17.3 Å². The standard InChI is InChI=1S/C18H19FN6OS2/c19-13-7-5-12(6-8-13)10-20-16(26)17-23-22-15(28-17)11-27-18-24-21-14-4-2-1-3-9-25(14)18/h5-8H,1-4,9-11H2,(H,20,26). The highest BCUT2D eigenvalue weighted by Crippen LogP contribution is 2.26. The fourth-order valence-corrected chi connectivity index (χ4v) is 4.68. The molecule has 1 aliphatic heterocycles. The number of rotatable bonds is 6. The lowest BCUT2D eigenvalue weighted by atomic mass is 10.2. The van der Waals surface area contributed by atoms with E-state index >= 15 is 0 Å². The van der Waals surface area contributed by atoms with Crippen molar-refractivity contribution in [2.45, 2.75) is 49.7 Å². The average Bonchev–Trinajstić information content (AvgIpc) is 3.26. The van der Waals surface area contributed by atoms with Crippen molar-refractivity contribution in [1.29, 1.82) is 0 Å². The number of nitrogens with one attached hydrogen (secondary N) is 1. The summed E-state index contributed by atoms with van der Waals surface area (Å²) >= 11 is 2.84. The zero-order chi connectivity index (χ0) is 19.3. The van der Waals surface area contributed by atoms with E-state index in [0.717, 1.165) is 47.4 Å². The van der Waals surface area contributed by atoms with E-state index in [4.69, 9.17) is 0 Å². The molecule has 0 bridgehead atoms. The van der Waals surface area contributed by atoms with Crippen LogP contribution in [0.2, 0.25) is 0 Å². The second kappa shape index (κ2) is 8.78. The molecule has 2 aromatic heterocycles. The predicted molar refractivity (Wildman–Crippen MR) is 105 cm³/mol. The fourth-order valence-electron chi connectivity index (χ4n) is 2.96. The average molecular weight is 419 g/mol. The van der Waals surface area contributed by atoms with Crippen molar-refractivity contribution in [3.8, 4) is 0 Å². The molecular formula is C18H19FN6OS2. The van der Waals surface area contributed by atoms with E-state index in [-0.39, 0.29) is 11.7 Å². The molecule has 0 atom stereocenters. The number of amides is 1. The Morgan fingerprint density at radius 1 is 1.14 bits per heavy atom. The maximum Gasteiger partial charge on any atom is 0.282 e. The Morgan fingerprint density at radius 2 is 2.00 bits per heavy atom. The van der Waals surface area contributed by atoms with Gasteiger partial charge in [-0.15, -0.1) is 20.4 Å². The summed E-state index contributed by atoms with van der Waals surface area (Å²) in [6.45, 7) is 1.27. The van der Waals surface area contributed by atoms with E-state index < -0.39 is 0 Å². The zero-order valence-electron chi connectivity index (χ0n) is 15.1. The van der Waals surface area contributed by atoms with E-state index in [1.807, 2.05) is 0 Å². The molecule has 10 heteroatoms. The zero-order valence-corrected chi connectivity index (χ0v) is 16.7. The lowest BCUT2D eigenvalue weighted by Crippen LogP contribution is -2.22. The first kappa shape index (κ1) is 19.0. The van der Waals surface area contributed by atoms with Crippen LogP contribution in [0.1, 0.15) is 45.5 Å². The number of nitrogens with zero attached hydrogens (tertiary/aromatic N) is 5. The summed E-state index contributed by atoms with van der Waals surface area (Å²) in [6, 6.07) is 6.01. The quantitative estimate of drug-likeness (QED) is 0.619. The second-order valence-corrected chi connectivity index (χ2v) is 8.46. The van der Waals surface area contributed by atoms with Gasteiger partial charge < -0.3 is 9.88 Å². The van der Waals surface area contributed by atoms with Crippen LogP contribution in [0.3, 0.4) is 0 Å². The Labute approximate surface area is 169 Å². The molecule has 0 fully saturated rings. The van der Waals surface area contributed by atoms with Crippen LogP contribution in [0, 0.1) is 5.82 Å². The summed E-state index contributed by atoms with van der Waals surface area (Å²) in [5, 5.41) is 21.4. The van der Waals surface area contributed by atoms with Crippen LogP contribution in [0.15, 0.2) is 29.4 Å². The Balaban J connectivity index is 1.32. The van der Waals surface area contributed by atoms with Crippen molar-refractivity contribution in [3.05, 3.63) is 51.5 Å². The first-order chi connectivity index (χ1) is 13.7. The van der Waals surface area contributed by atoms with Crippen molar-refractivity contribution in [2.24, 2.45) is 0 Å². The maximum absolute atomic E-state index is 12.9. The normalized spacial score (nSPS) is 13.8. The molecule has 0 radical (unpaired) electrons. The summed E-state index contributed by atoms with van der Waals surface area (Å²) in [5.74, 6) is 1.07. The molecule has 3 aromatic rings. The van der Waals surface area contributed by atoms with E-state index in [2.05, 4.69) is 30.3 Å². The monoisotopic (exact) mass is 418 g/mol. The van der Waals surface area contributed by atoms with E-state index in [1.54, 1.807) is 23.9 Å². The number of benzene rings is 1. The van der Waals surface area contributed by atoms with Crippen molar-refractivity contribution < 1.29 is 9.18 Å². The molecule has 1 N–H and O–H groups in total. The summed E-state index contributed by atoms with van der Waals surface area (Å²) in [6.07, 6.45) is 4.51. The number of fused-ring (bicyclic) bond motifs is 1. The molecule has 1 aromatic carbocycles. The second-order valence-electron chi connectivity index (χ2n) is 6.46. The Bertz CT molecular complexity index is 955. The van der Waals surface area contributed by atoms with Gasteiger partial charge in [0.05, 0.1) is 5.75 Å². The topological polar surface area (TPSA) is 85.6 Å². The van der Waals surface area contributed by atoms with Gasteiger partial charge in [-0.05, 0) is 30.5 Å². The molecule has 0 saturated heterocycles. The van der Waals surface area contributed by atoms with Gasteiger partial charge in [-0.1, -0.05) is 41.7 Å². The molecule has 146 valence electrons. The van der Waals surface area contributed by atoms with Crippen molar-refractivity contribution >= 4 is 29.0 Å². The molecular weight excluding hydrogens is 399 g/mol. The lowest BCUT2D eigenvalue weighted by Gasteiger charge is -2.05. The Morgan fingerprint density at radius 3 is 2.86 bits per heavy atom. The number of hydrogen-bond acceptors (Lipinski definition) is 7. The largest absolute Gasteiger partial charge is 0.346 e. The number of aryl methyl sites for hydroxylation is 1. The third-order valence-electron chi connectivity index (χ3n) is 4.43. The molecule has 28 heavy (non-hydrogen) atoms. The molecule has 4 rings (SSSR count). The van der Waals surface area contributed by atoms with Crippen LogP contribution in [-0.2, 0) is 25.3 Å². The smallest absolute Gasteiger partial charge is 0.282 e. The van der Waals surface area contributed by atoms with Crippen LogP contribution < -0.4 is 5.32 Å². The van der Waals surface area contributed by atoms with Gasteiger partial charge in [-0.3, -0.25) is 4.79 Å². The first-order valence-electron chi connectivity index (χ1n) is 9.09. The maximum atomic E-state index is 12.9. The lowest BCUT2D eigenvalue weighted by molar-refractivity contribution is 0.0950. The summed E-state index contributed by atoms with van der Waals surface area (Å²) < 4.78 is 15.1. The summed E-state index contributed by atoms with van der Waals surface area (Å²) in [4.78, 5) is 12.3. The summed E-state index contributed by atoms with van der Waals surface area (Å²) in [5.41, 5.74) is 0.822. The molecule has 0 spiro atoms. The minimum Gasteiger partial charge on any atom is -0.346 e. The van der Waals surface area contributed by atoms with Crippen LogP contribution in [0.25, 0.3) is 0 Å². The molecule has 7 nitrogen and oxygen atoms in total. The van der Waals surface area contributed by atoms with Crippen molar-refractivity contribution in [1.82, 2.24) is 30.3 Å². The van der Waals surface area contributed by atoms with Gasteiger partial charge in [-0.25, -0.2) is 4.39 Å². The number of carbonyl (C=O) groups is 1. The third-order valence-corrected chi connectivity index (χ3v) is 6.51. The van der Waals surface area contributed by atoms with Crippen LogP contribution in [0.4, 0.5) is 4.39 Å². The van der Waals surface area contributed by atoms with Crippen molar-refractivity contribution in [3.63, 3.8) is 0 Å². The van der Waals surface area contributed by atoms with Crippen LogP contribution in [-0.4, -0.2) is 30.9 Å². The van der Waals surface area contributed by atoms with Gasteiger partial charge in [0.2, 0.25) is 5.01 Å². The molecule has 1 amide bonds. The minimum atomic E-state index is -0.300. The fraction of sp³-hybridized carbons (Fsp3) is 0.389. The van der Waals surface area contributed by atoms with Crippen molar-refractivity contribution in [2.75, 3.05) is 0 Å². The third kappa shape index (κ3) is 4.56. The molecule has 3 heterocycles. The van der Waals surface area contributed by atoms with Gasteiger partial charge in [0, 0.05) is 19.5 Å².